The highest BCUT2D eigenvalue weighted by molar-refractivity contribution is 6.33. The summed E-state index contributed by atoms with van der Waals surface area (Å²) >= 11 is 16.5. The summed E-state index contributed by atoms with van der Waals surface area (Å²) in [5, 5.41) is 51.4. The van der Waals surface area contributed by atoms with Crippen LogP contribution in [-0.2, 0) is 19.2 Å². The van der Waals surface area contributed by atoms with Crippen LogP contribution < -0.4 is 59.3 Å². The molecule has 13 N–H and O–H groups in total. The van der Waals surface area contributed by atoms with Crippen LogP contribution in [0.5, 0.6) is 0 Å². The number of nitrogens with two attached hydrogens (primary N) is 2. The Kier molecular flexibility index (Phi) is 27.8. The molecule has 30 heteroatoms. The lowest BCUT2D eigenvalue weighted by Crippen LogP contribution is -2.22. The van der Waals surface area contributed by atoms with Crippen molar-refractivity contribution in [3.8, 4) is 18.2 Å². The Morgan fingerprint density at radius 1 is 0.427 bits per heavy atom. The fourth-order valence-corrected chi connectivity index (χ4v) is 9.74. The molecule has 5 amide bonds. The Hall–Kier alpha value is -11.3. The van der Waals surface area contributed by atoms with Crippen molar-refractivity contribution >= 4 is 139 Å². The minimum Gasteiger partial charge on any atom is -0.399 e. The number of benzene rings is 4. The third-order valence-electron chi connectivity index (χ3n) is 13.3. The van der Waals surface area contributed by atoms with Gasteiger partial charge in [0, 0.05) is 85.3 Å². The van der Waals surface area contributed by atoms with E-state index in [-0.39, 0.29) is 96.7 Å². The number of amides is 5. The number of anilines is 13. The quantitative estimate of drug-likeness (QED) is 0.0258. The predicted octanol–water partition coefficient (Wildman–Crippen LogP) is 14.6. The average molecular weight is 1370 g/mol. The number of nitrogens with zero attached hydrogens (tertiary/aromatic N) is 7. The number of hydrogen-bond acceptors (Lipinski definition) is 18. The maximum atomic E-state index is 14.5. The first-order chi connectivity index (χ1) is 45.8. The third kappa shape index (κ3) is 23.7. The Labute approximate surface area is 564 Å². The Morgan fingerprint density at radius 2 is 0.760 bits per heavy atom. The van der Waals surface area contributed by atoms with Crippen molar-refractivity contribution < 1.29 is 41.5 Å². The maximum absolute atomic E-state index is 14.5. The SMILES string of the molecule is CC(=O)Nc1cccc(N)c1.CC(=O)Nc1cccc(Nc2nc(Cl)c(C#N)cc2F)c1.CC(=O)Nc1cccc(Nc2nc(NC3CCCC3)c(C#N)cc2F)c1.CC(=O)Nc1cccc(Nc2nc(NC3CCCC3)c(C(N)=O)cc2F)c1.N#Cc1cc(F)c(Cl)nc1Cl. The molecule has 0 saturated heterocycles. The topological polar surface area (TPSA) is 369 Å². The largest absolute Gasteiger partial charge is 0.399 e. The molecule has 8 aromatic rings. The van der Waals surface area contributed by atoms with Gasteiger partial charge >= 0.3 is 0 Å². The molecule has 4 aromatic heterocycles. The molecule has 2 saturated carbocycles. The first-order valence-electron chi connectivity index (χ1n) is 29.2. The summed E-state index contributed by atoms with van der Waals surface area (Å²) in [6.07, 6.45) is 8.47. The number of carbonyl (C=O) groups excluding carboxylic acids is 5. The van der Waals surface area contributed by atoms with Gasteiger partial charge in [0.1, 0.15) is 40.1 Å². The van der Waals surface area contributed by atoms with E-state index in [0.717, 1.165) is 75.3 Å². The predicted molar refractivity (Wildman–Crippen MR) is 363 cm³/mol. The lowest BCUT2D eigenvalue weighted by molar-refractivity contribution is -0.115. The molecule has 23 nitrogen and oxygen atoms in total. The van der Waals surface area contributed by atoms with Crippen molar-refractivity contribution in [2.75, 3.05) is 53.6 Å². The molecule has 0 spiro atoms. The van der Waals surface area contributed by atoms with Crippen LogP contribution in [0.15, 0.2) is 121 Å². The lowest BCUT2D eigenvalue weighted by Gasteiger charge is -2.17. The van der Waals surface area contributed by atoms with E-state index in [9.17, 15) is 46.8 Å². The number of pyridine rings is 4. The van der Waals surface area contributed by atoms with Gasteiger partial charge in [0.25, 0.3) is 5.91 Å². The van der Waals surface area contributed by atoms with Gasteiger partial charge in [0.05, 0.1) is 22.3 Å². The van der Waals surface area contributed by atoms with Crippen LogP contribution in [0.2, 0.25) is 15.5 Å². The number of halogens is 7. The van der Waals surface area contributed by atoms with Crippen LogP contribution in [0, 0.1) is 57.3 Å². The van der Waals surface area contributed by atoms with Gasteiger partial charge in [0.2, 0.25) is 23.6 Å². The van der Waals surface area contributed by atoms with Gasteiger partial charge < -0.3 is 59.3 Å². The number of nitriles is 3. The number of nitrogen functional groups attached to an aromatic ring is 1. The summed E-state index contributed by atoms with van der Waals surface area (Å²) in [7, 11) is 0. The molecule has 0 atom stereocenters. The fourth-order valence-electron chi connectivity index (χ4n) is 9.19. The van der Waals surface area contributed by atoms with Crippen LogP contribution in [-0.4, -0.2) is 61.6 Å². The fraction of sp³-hybridized carbons (Fsp3) is 0.212. The first-order valence-corrected chi connectivity index (χ1v) is 30.3. The van der Waals surface area contributed by atoms with E-state index in [0.29, 0.717) is 45.6 Å². The van der Waals surface area contributed by atoms with Crippen LogP contribution in [0.1, 0.15) is 106 Å². The number of aromatic nitrogens is 4. The van der Waals surface area contributed by atoms with Crippen LogP contribution in [0.4, 0.5) is 92.2 Å². The molecule has 96 heavy (non-hydrogen) atoms. The Balaban J connectivity index is 0.000000198. The number of rotatable bonds is 15. The normalized spacial score (nSPS) is 12.0. The van der Waals surface area contributed by atoms with E-state index in [1.54, 1.807) is 109 Å². The highest BCUT2D eigenvalue weighted by Gasteiger charge is 2.23. The molecule has 4 aromatic carbocycles. The zero-order valence-electron chi connectivity index (χ0n) is 51.8. The number of carbonyl (C=O) groups is 5. The van der Waals surface area contributed by atoms with Crippen molar-refractivity contribution in [3.63, 3.8) is 0 Å². The van der Waals surface area contributed by atoms with Crippen molar-refractivity contribution in [1.29, 1.82) is 15.8 Å². The Bertz CT molecular complexity index is 4270. The molecule has 10 rings (SSSR count). The molecule has 496 valence electrons. The molecule has 2 aliphatic carbocycles. The molecule has 0 bridgehead atoms. The minimum absolute atomic E-state index is 0.0198. The van der Waals surface area contributed by atoms with Crippen molar-refractivity contribution in [2.24, 2.45) is 5.73 Å². The first kappa shape index (κ1) is 73.7. The number of nitrogens with one attached hydrogen (secondary N) is 9. The van der Waals surface area contributed by atoms with E-state index in [1.165, 1.54) is 33.8 Å². The maximum Gasteiger partial charge on any atom is 0.252 e. The summed E-state index contributed by atoms with van der Waals surface area (Å²) in [5.41, 5.74) is 15.8. The van der Waals surface area contributed by atoms with E-state index in [4.69, 9.17) is 56.8 Å². The van der Waals surface area contributed by atoms with Gasteiger partial charge in [-0.05, 0) is 123 Å². The molecule has 0 unspecified atom stereocenters. The van der Waals surface area contributed by atoms with Crippen LogP contribution in [0.25, 0.3) is 0 Å². The second-order valence-corrected chi connectivity index (χ2v) is 22.2. The van der Waals surface area contributed by atoms with E-state index < -0.39 is 29.2 Å². The van der Waals surface area contributed by atoms with Gasteiger partial charge in [-0.15, -0.1) is 0 Å². The van der Waals surface area contributed by atoms with Gasteiger partial charge in [-0.25, -0.2) is 37.5 Å². The van der Waals surface area contributed by atoms with E-state index in [2.05, 4.69) is 67.8 Å². The van der Waals surface area contributed by atoms with Crippen LogP contribution >= 0.6 is 34.8 Å². The molecular formula is C66H63Cl3F4N18O5. The van der Waals surface area contributed by atoms with Gasteiger partial charge in [-0.1, -0.05) is 84.8 Å². The van der Waals surface area contributed by atoms with Crippen molar-refractivity contribution in [2.45, 2.75) is 91.1 Å². The third-order valence-corrected chi connectivity index (χ3v) is 14.2. The second kappa shape index (κ2) is 36.2. The van der Waals surface area contributed by atoms with Gasteiger partial charge in [-0.3, -0.25) is 24.0 Å². The molecule has 0 radical (unpaired) electrons. The van der Waals surface area contributed by atoms with Gasteiger partial charge in [-0.2, -0.15) is 15.8 Å². The smallest absolute Gasteiger partial charge is 0.252 e. The van der Waals surface area contributed by atoms with E-state index in [1.807, 2.05) is 6.07 Å². The minimum atomic E-state index is -0.743. The zero-order valence-corrected chi connectivity index (χ0v) is 54.1. The molecule has 0 aliphatic heterocycles. The summed E-state index contributed by atoms with van der Waals surface area (Å²) in [6.45, 7) is 5.68. The summed E-state index contributed by atoms with van der Waals surface area (Å²) in [5.74, 6) is -3.59. The standard InChI is InChI=1S/C19H22FN5O2.C19H20FN5O.C14H10ClFN4O.C8H10N2O.C6HCl2FN2/c1-11(26)22-13-7-4-8-14(9-13)24-19-16(20)10-15(17(21)27)18(25-19)23-12-5-2-3-6-12;1-12(26)22-15-7-4-8-16(10-15)24-19-17(20)9-13(11-21)18(25-19)23-14-5-2-3-6-14;1-8(21)18-10-3-2-4-11(6-10)19-14-12(16)5-9(7-17)13(15)20-14;1-6(11)10-8-4-2-3-7(9)5-8;7-5-3(2-10)1-4(9)6(8)11-5/h4,7-10,12H,2-3,5-6H2,1H3,(H2,21,27)(H,22,26)(H2,23,24,25);4,7-10,14H,2-3,5-6H2,1H3,(H,22,26)(H2,23,24,25);2-6H,1H3,(H,18,21)(H,19,20);2-5H,9H2,1H3,(H,10,11);1H. The number of hydrogen-bond donors (Lipinski definition) is 11. The monoisotopic (exact) mass is 1370 g/mol. The van der Waals surface area contributed by atoms with Crippen molar-refractivity contribution in [3.05, 3.63) is 182 Å². The number of primary amides is 1. The molecular weight excluding hydrogens is 1310 g/mol. The van der Waals surface area contributed by atoms with Crippen LogP contribution in [0.3, 0.4) is 0 Å². The van der Waals surface area contributed by atoms with Gasteiger partial charge in [0.15, 0.2) is 45.9 Å². The summed E-state index contributed by atoms with van der Waals surface area (Å²) in [6, 6.07) is 37.6. The molecule has 2 fully saturated rings. The lowest BCUT2D eigenvalue weighted by atomic mass is 10.2. The summed E-state index contributed by atoms with van der Waals surface area (Å²) in [4.78, 5) is 71.3. The van der Waals surface area contributed by atoms with E-state index >= 15 is 0 Å². The van der Waals surface area contributed by atoms with Crippen molar-refractivity contribution in [1.82, 2.24) is 19.9 Å². The Morgan fingerprint density at radius 3 is 1.16 bits per heavy atom. The second-order valence-electron chi connectivity index (χ2n) is 21.1. The molecule has 4 heterocycles. The molecule has 2 aliphatic rings. The highest BCUT2D eigenvalue weighted by atomic mass is 35.5. The summed E-state index contributed by atoms with van der Waals surface area (Å²) < 4.78 is 55.2. The zero-order chi connectivity index (χ0) is 70.0. The average Bonchev–Trinajstić information content (AvgIpc) is 1.10. The highest BCUT2D eigenvalue weighted by Crippen LogP contribution is 2.31.